The summed E-state index contributed by atoms with van der Waals surface area (Å²) in [5.41, 5.74) is 0.283. The average Bonchev–Trinajstić information content (AvgIpc) is 1.62. The number of fused-ring (bicyclic) bond motifs is 7. The third-order valence-electron chi connectivity index (χ3n) is 21.4. The lowest BCUT2D eigenvalue weighted by Crippen LogP contribution is -2.69. The van der Waals surface area contributed by atoms with Crippen LogP contribution in [0.3, 0.4) is 0 Å². The number of hydrogen-bond donors (Lipinski definition) is 14. The molecule has 10 fully saturated rings. The van der Waals surface area contributed by atoms with Gasteiger partial charge in [-0.05, 0) is 74.5 Å². The zero-order valence-electron chi connectivity index (χ0n) is 47.3. The lowest BCUT2D eigenvalue weighted by Gasteiger charge is -2.58. The lowest BCUT2D eigenvalue weighted by atomic mass is 9.46. The summed E-state index contributed by atoms with van der Waals surface area (Å²) in [6.45, 7) is 7.49. The molecule has 7 saturated heterocycles. The first kappa shape index (κ1) is 63.0. The Kier molecular flexibility index (Phi) is 18.4. The maximum Gasteiger partial charge on any atom is 0.187 e. The number of carbonyl (C=O) groups excluding carboxylic acids is 1. The molecule has 27 heteroatoms. The predicted octanol–water partition coefficient (Wildman–Crippen LogP) is -4.32. The van der Waals surface area contributed by atoms with Crippen molar-refractivity contribution in [3.8, 4) is 0 Å². The molecular formula is C56H88O27. The van der Waals surface area contributed by atoms with Gasteiger partial charge in [-0.2, -0.15) is 0 Å². The number of Topliss-reactive ketones (excluding diaryl/α,β-unsaturated/α-hetero) is 1. The fourth-order valence-electron chi connectivity index (χ4n) is 16.4. The Balaban J connectivity index is 0.798. The van der Waals surface area contributed by atoms with E-state index in [1.165, 1.54) is 6.92 Å². The molecule has 0 bridgehead atoms. The minimum Gasteiger partial charge on any atom is -0.394 e. The molecule has 7 aliphatic heterocycles. The zero-order chi connectivity index (χ0) is 59.5. The van der Waals surface area contributed by atoms with Crippen molar-refractivity contribution >= 4 is 5.78 Å². The van der Waals surface area contributed by atoms with E-state index < -0.39 is 191 Å². The largest absolute Gasteiger partial charge is 0.394 e. The van der Waals surface area contributed by atoms with E-state index in [-0.39, 0.29) is 46.9 Å². The van der Waals surface area contributed by atoms with Crippen LogP contribution in [-0.2, 0) is 61.6 Å². The van der Waals surface area contributed by atoms with Crippen molar-refractivity contribution in [3.05, 3.63) is 11.6 Å². The molecule has 0 aromatic rings. The molecule has 1 spiro atoms. The molecule has 14 N–H and O–H groups in total. The van der Waals surface area contributed by atoms with E-state index in [0.29, 0.717) is 38.2 Å². The van der Waals surface area contributed by atoms with Crippen LogP contribution in [0, 0.1) is 46.3 Å². The third-order valence-corrected chi connectivity index (χ3v) is 21.4. The van der Waals surface area contributed by atoms with Gasteiger partial charge in [0, 0.05) is 30.1 Å². The van der Waals surface area contributed by atoms with Crippen LogP contribution in [0.25, 0.3) is 0 Å². The van der Waals surface area contributed by atoms with Crippen LogP contribution in [0.4, 0.5) is 0 Å². The molecule has 27 nitrogen and oxygen atoms in total. The average molecular weight is 1190 g/mol. The van der Waals surface area contributed by atoms with Crippen LogP contribution in [0.1, 0.15) is 86.0 Å². The van der Waals surface area contributed by atoms with Crippen molar-refractivity contribution in [3.63, 3.8) is 0 Å². The Morgan fingerprint density at radius 2 is 1.17 bits per heavy atom. The summed E-state index contributed by atoms with van der Waals surface area (Å²) in [6.07, 6.45) is -35.9. The third kappa shape index (κ3) is 10.8. The fraction of sp³-hybridized carbons (Fsp3) is 0.946. The molecule has 11 rings (SSSR count). The van der Waals surface area contributed by atoms with Gasteiger partial charge >= 0.3 is 0 Å². The van der Waals surface area contributed by atoms with Crippen molar-refractivity contribution in [1.82, 2.24) is 0 Å². The monoisotopic (exact) mass is 1190 g/mol. The number of ether oxygens (including phenoxy) is 12. The van der Waals surface area contributed by atoms with Crippen LogP contribution in [0.5, 0.6) is 0 Å². The molecule has 7 heterocycles. The lowest BCUT2D eigenvalue weighted by molar-refractivity contribution is -0.409. The molecule has 3 saturated carbocycles. The van der Waals surface area contributed by atoms with Gasteiger partial charge < -0.3 is 128 Å². The normalized spacial score (nSPS) is 56.4. The number of carbonyl (C=O) groups is 1. The Hall–Kier alpha value is -1.63. The Labute approximate surface area is 480 Å². The number of allylic oxidation sites excluding steroid dienone is 1. The predicted molar refractivity (Wildman–Crippen MR) is 274 cm³/mol. The highest BCUT2D eigenvalue weighted by molar-refractivity contribution is 5.87. The highest BCUT2D eigenvalue weighted by Gasteiger charge is 2.72. The van der Waals surface area contributed by atoms with E-state index in [1.807, 2.05) is 0 Å². The molecule has 0 radical (unpaired) electrons. The quantitative estimate of drug-likeness (QED) is 0.0776. The molecule has 83 heavy (non-hydrogen) atoms. The SMILES string of the molecule is C[C@@H]1CC[C@@]2(OC1)O[C@H]1C[C@H]3[C@@H]4CC=C5C[C@@H](O[C@@H]6O[C@H](CO)[C@H](O[C@@H]7O[C@H](CO)[C@@H](O)[C@H](O[C@@H]8OC[C@@H](O)[C@H](O)[C@H]8O)[C@H]7O[C@@H]7O[C@H](CO)[C@@H](O)[C@H](O[C@@H]8O[C@@H](C)[C@H](O)[C@@H](O)[C@H]8O)[C@H]7O)[C@H](O)[C@H]6O)CC[C@]5(C)[C@H]4CC(=O)[C@]3(C)[C@H]1[C@@H]2C. The van der Waals surface area contributed by atoms with E-state index in [2.05, 4.69) is 33.8 Å². The second-order valence-corrected chi connectivity index (χ2v) is 26.1. The van der Waals surface area contributed by atoms with Crippen molar-refractivity contribution < 1.29 is 133 Å². The number of ketones is 1. The van der Waals surface area contributed by atoms with Crippen molar-refractivity contribution in [1.29, 1.82) is 0 Å². The van der Waals surface area contributed by atoms with Gasteiger partial charge in [-0.3, -0.25) is 4.79 Å². The van der Waals surface area contributed by atoms with Crippen LogP contribution >= 0.6 is 0 Å². The number of aliphatic hydroxyl groups excluding tert-OH is 14. The van der Waals surface area contributed by atoms with Gasteiger partial charge in [0.25, 0.3) is 0 Å². The summed E-state index contributed by atoms with van der Waals surface area (Å²) < 4.78 is 73.2. The summed E-state index contributed by atoms with van der Waals surface area (Å²) in [4.78, 5) is 14.8. The zero-order valence-corrected chi connectivity index (χ0v) is 47.3. The Morgan fingerprint density at radius 1 is 0.566 bits per heavy atom. The maximum absolute atomic E-state index is 14.8. The molecule has 11 aliphatic rings. The molecule has 0 aromatic carbocycles. The molecule has 35 atom stereocenters. The first-order chi connectivity index (χ1) is 39.4. The topological polar surface area (TPSA) is 411 Å². The molecule has 4 aliphatic carbocycles. The summed E-state index contributed by atoms with van der Waals surface area (Å²) in [6, 6.07) is 0. The van der Waals surface area contributed by atoms with Crippen LogP contribution in [0.2, 0.25) is 0 Å². The standard InChI is InChI=1S/C56H88O27/c1-20-8-11-56(73-18-20)21(2)34-29(83-56)13-27-25-7-6-23-12-24(9-10-54(23,4)26(25)14-33(61)55(27,34)5)75-51-43(70)40(67)45(32(17-59)78-51)79-53-48(47(38(65)31(16-58)77-53)81-49-41(68)36(63)28(60)19-72-49)82-52-44(71)46(37(64)30(15-57)76-52)80-50-42(69)39(66)35(62)22(3)74-50/h6,20-22,24-32,34-53,57-60,62-71H,7-19H2,1-5H3/t20-,21+,22+,24+,25-,26+,27+,28-,29+,30-,31-,32-,34+,35+,36+,37-,38-,39-,40-,41-,42-,43-,44-,45+,46+,47+,48-,49+,50+,51-,52+,53+,54+,55-,56-/m1/s1. The van der Waals surface area contributed by atoms with Crippen molar-refractivity contribution in [2.24, 2.45) is 46.3 Å². The van der Waals surface area contributed by atoms with E-state index in [9.17, 15) is 76.3 Å². The second-order valence-electron chi connectivity index (χ2n) is 26.1. The maximum atomic E-state index is 14.8. The highest BCUT2D eigenvalue weighted by Crippen LogP contribution is 2.70. The molecule has 0 aromatic heterocycles. The first-order valence-electron chi connectivity index (χ1n) is 29.8. The summed E-state index contributed by atoms with van der Waals surface area (Å²) >= 11 is 0. The van der Waals surface area contributed by atoms with Gasteiger partial charge in [-0.25, -0.2) is 0 Å². The van der Waals surface area contributed by atoms with Crippen LogP contribution < -0.4 is 0 Å². The Bertz CT molecular complexity index is 2270. The van der Waals surface area contributed by atoms with E-state index in [4.69, 9.17) is 56.8 Å². The highest BCUT2D eigenvalue weighted by atomic mass is 16.8. The minimum absolute atomic E-state index is 0.0528. The smallest absolute Gasteiger partial charge is 0.187 e. The number of aliphatic hydroxyl groups is 14. The van der Waals surface area contributed by atoms with Gasteiger partial charge in [0.15, 0.2) is 37.2 Å². The summed E-state index contributed by atoms with van der Waals surface area (Å²) in [5, 5.41) is 154. The Morgan fingerprint density at radius 3 is 1.86 bits per heavy atom. The van der Waals surface area contributed by atoms with E-state index in [1.54, 1.807) is 0 Å². The van der Waals surface area contributed by atoms with Gasteiger partial charge in [0.1, 0.15) is 116 Å². The van der Waals surface area contributed by atoms with Crippen LogP contribution in [0.15, 0.2) is 11.6 Å². The molecule has 474 valence electrons. The van der Waals surface area contributed by atoms with E-state index in [0.717, 1.165) is 31.3 Å². The van der Waals surface area contributed by atoms with Gasteiger partial charge in [0.05, 0.1) is 51.3 Å². The number of rotatable bonds is 13. The van der Waals surface area contributed by atoms with Gasteiger partial charge in [-0.15, -0.1) is 0 Å². The molecule has 0 amide bonds. The summed E-state index contributed by atoms with van der Waals surface area (Å²) in [7, 11) is 0. The first-order valence-corrected chi connectivity index (χ1v) is 29.8. The van der Waals surface area contributed by atoms with Crippen molar-refractivity contribution in [2.75, 3.05) is 33.0 Å². The van der Waals surface area contributed by atoms with Crippen molar-refractivity contribution in [2.45, 2.75) is 251 Å². The summed E-state index contributed by atoms with van der Waals surface area (Å²) in [5.74, 6) is 0.767. The number of hydrogen-bond acceptors (Lipinski definition) is 27. The molecular weight excluding hydrogens is 1100 g/mol. The fourth-order valence-corrected chi connectivity index (χ4v) is 16.4. The van der Waals surface area contributed by atoms with Gasteiger partial charge in [-0.1, -0.05) is 39.3 Å². The second kappa shape index (κ2) is 24.3. The molecule has 0 unspecified atom stereocenters. The van der Waals surface area contributed by atoms with Crippen LogP contribution in [-0.4, -0.2) is 276 Å². The van der Waals surface area contributed by atoms with Gasteiger partial charge in [0.2, 0.25) is 0 Å². The minimum atomic E-state index is -2.14. The van der Waals surface area contributed by atoms with E-state index >= 15 is 0 Å².